The molecule has 0 aliphatic heterocycles. The molecule has 0 radical (unpaired) electrons. The second-order valence-corrected chi connectivity index (χ2v) is 8.08. The molecule has 0 aliphatic carbocycles. The number of thioether (sulfide) groups is 1. The molecule has 0 saturated carbocycles. The van der Waals surface area contributed by atoms with Gasteiger partial charge in [-0.25, -0.2) is 0 Å². The third kappa shape index (κ3) is 6.02. The maximum absolute atomic E-state index is 12.5. The van der Waals surface area contributed by atoms with Crippen molar-refractivity contribution >= 4 is 35.0 Å². The summed E-state index contributed by atoms with van der Waals surface area (Å²) >= 11 is 1.45. The molecule has 0 fully saturated rings. The fraction of sp³-hybridized carbons (Fsp3) is 0.167. The lowest BCUT2D eigenvalue weighted by Crippen LogP contribution is -2.22. The Kier molecular flexibility index (Phi) is 7.56. The van der Waals surface area contributed by atoms with Crippen molar-refractivity contribution in [1.29, 1.82) is 0 Å². The van der Waals surface area contributed by atoms with Gasteiger partial charge in [0.05, 0.1) is 19.5 Å². The molecule has 6 nitrogen and oxygen atoms in total. The number of methoxy groups -OCH3 is 2. The van der Waals surface area contributed by atoms with Crippen molar-refractivity contribution in [3.63, 3.8) is 0 Å². The van der Waals surface area contributed by atoms with Gasteiger partial charge in [0.2, 0.25) is 5.91 Å². The van der Waals surface area contributed by atoms with Gasteiger partial charge in [-0.15, -0.1) is 11.8 Å². The van der Waals surface area contributed by atoms with Crippen LogP contribution in [0.25, 0.3) is 0 Å². The average Bonchev–Trinajstić information content (AvgIpc) is 2.80. The molecular formula is C24H24N2O4S. The molecule has 2 N–H and O–H groups in total. The van der Waals surface area contributed by atoms with Crippen LogP contribution in [0.15, 0.2) is 77.7 Å². The van der Waals surface area contributed by atoms with Crippen LogP contribution in [0.4, 0.5) is 11.4 Å². The number of nitrogens with one attached hydrogen (secondary N) is 2. The highest BCUT2D eigenvalue weighted by Crippen LogP contribution is 2.29. The van der Waals surface area contributed by atoms with Crippen molar-refractivity contribution in [2.24, 2.45) is 0 Å². The van der Waals surface area contributed by atoms with Crippen molar-refractivity contribution in [2.45, 2.75) is 17.1 Å². The summed E-state index contributed by atoms with van der Waals surface area (Å²) in [5.41, 5.74) is 1.89. The third-order valence-electron chi connectivity index (χ3n) is 4.48. The second-order valence-electron chi connectivity index (χ2n) is 6.66. The minimum absolute atomic E-state index is 0.0676. The maximum Gasteiger partial charge on any atom is 0.255 e. The molecule has 1 atom stereocenters. The fourth-order valence-electron chi connectivity index (χ4n) is 2.82. The molecule has 0 aromatic heterocycles. The monoisotopic (exact) mass is 436 g/mol. The Morgan fingerprint density at radius 3 is 2.10 bits per heavy atom. The first-order valence-electron chi connectivity index (χ1n) is 9.66. The molecule has 3 rings (SSSR count). The second kappa shape index (κ2) is 10.5. The van der Waals surface area contributed by atoms with Gasteiger partial charge in [-0.2, -0.15) is 0 Å². The third-order valence-corrected chi connectivity index (χ3v) is 5.59. The Balaban J connectivity index is 1.58. The Labute approximate surface area is 186 Å². The van der Waals surface area contributed by atoms with E-state index in [1.165, 1.54) is 18.9 Å². The summed E-state index contributed by atoms with van der Waals surface area (Å²) in [6.45, 7) is 1.86. The van der Waals surface area contributed by atoms with Crippen molar-refractivity contribution in [3.8, 4) is 11.5 Å². The van der Waals surface area contributed by atoms with Gasteiger partial charge in [0.1, 0.15) is 0 Å². The topological polar surface area (TPSA) is 76.7 Å². The van der Waals surface area contributed by atoms with Crippen molar-refractivity contribution < 1.29 is 19.1 Å². The van der Waals surface area contributed by atoms with E-state index >= 15 is 0 Å². The zero-order valence-corrected chi connectivity index (χ0v) is 18.4. The van der Waals surface area contributed by atoms with Gasteiger partial charge in [0, 0.05) is 21.8 Å². The normalized spacial score (nSPS) is 11.3. The molecule has 7 heteroatoms. The molecule has 0 spiro atoms. The molecule has 3 aromatic carbocycles. The number of hydrogen-bond donors (Lipinski definition) is 2. The Bertz CT molecular complexity index is 1040. The van der Waals surface area contributed by atoms with Crippen molar-refractivity contribution in [1.82, 2.24) is 0 Å². The highest BCUT2D eigenvalue weighted by molar-refractivity contribution is 8.00. The van der Waals surface area contributed by atoms with Gasteiger partial charge in [-0.05, 0) is 61.5 Å². The molecule has 0 aliphatic rings. The van der Waals surface area contributed by atoms with E-state index in [2.05, 4.69) is 10.6 Å². The SMILES string of the molecule is COc1ccc(C(=O)Nc2ccc(SC(C)C(=O)Nc3ccccc3)cc2)cc1OC. The smallest absolute Gasteiger partial charge is 0.255 e. The maximum atomic E-state index is 12.5. The largest absolute Gasteiger partial charge is 0.493 e. The minimum Gasteiger partial charge on any atom is -0.493 e. The number of benzene rings is 3. The van der Waals surface area contributed by atoms with Gasteiger partial charge in [-0.3, -0.25) is 9.59 Å². The molecule has 2 amide bonds. The predicted molar refractivity (Wildman–Crippen MR) is 124 cm³/mol. The number of hydrogen-bond acceptors (Lipinski definition) is 5. The highest BCUT2D eigenvalue weighted by atomic mass is 32.2. The Morgan fingerprint density at radius 1 is 0.806 bits per heavy atom. The first-order valence-corrected chi connectivity index (χ1v) is 10.5. The molecule has 0 heterocycles. The number of para-hydroxylation sites is 1. The van der Waals surface area contributed by atoms with Gasteiger partial charge in [-0.1, -0.05) is 18.2 Å². The van der Waals surface area contributed by atoms with Crippen LogP contribution in [0.2, 0.25) is 0 Å². The van der Waals surface area contributed by atoms with E-state index in [1.807, 2.05) is 61.5 Å². The van der Waals surface area contributed by atoms with Crippen LogP contribution >= 0.6 is 11.8 Å². The predicted octanol–water partition coefficient (Wildman–Crippen LogP) is 5.08. The Morgan fingerprint density at radius 2 is 1.45 bits per heavy atom. The fourth-order valence-corrected chi connectivity index (χ4v) is 3.69. The summed E-state index contributed by atoms with van der Waals surface area (Å²) in [6.07, 6.45) is 0. The van der Waals surface area contributed by atoms with Crippen molar-refractivity contribution in [3.05, 3.63) is 78.4 Å². The van der Waals surface area contributed by atoms with E-state index in [4.69, 9.17) is 9.47 Å². The number of rotatable bonds is 8. The quantitative estimate of drug-likeness (QED) is 0.482. The van der Waals surface area contributed by atoms with Crippen LogP contribution in [0.1, 0.15) is 17.3 Å². The van der Waals surface area contributed by atoms with Gasteiger partial charge in [0.15, 0.2) is 11.5 Å². The van der Waals surface area contributed by atoms with Crippen molar-refractivity contribution in [2.75, 3.05) is 24.9 Å². The van der Waals surface area contributed by atoms with Crippen LogP contribution in [0.3, 0.4) is 0 Å². The van der Waals surface area contributed by atoms with Crippen LogP contribution in [0, 0.1) is 0 Å². The first kappa shape index (κ1) is 22.2. The summed E-state index contributed by atoms with van der Waals surface area (Å²) in [5.74, 6) is 0.731. The molecule has 31 heavy (non-hydrogen) atoms. The van der Waals surface area contributed by atoms with Crippen LogP contribution < -0.4 is 20.1 Å². The zero-order valence-electron chi connectivity index (χ0n) is 17.5. The van der Waals surface area contributed by atoms with Gasteiger partial charge < -0.3 is 20.1 Å². The summed E-state index contributed by atoms with van der Waals surface area (Å²) in [5, 5.41) is 5.49. The Hall–Kier alpha value is -3.45. The van der Waals surface area contributed by atoms with Crippen LogP contribution in [0.5, 0.6) is 11.5 Å². The van der Waals surface area contributed by atoms with E-state index in [-0.39, 0.29) is 17.1 Å². The van der Waals surface area contributed by atoms with E-state index in [1.54, 1.807) is 25.3 Å². The molecule has 160 valence electrons. The molecular weight excluding hydrogens is 412 g/mol. The van der Waals surface area contributed by atoms with Gasteiger partial charge in [0.25, 0.3) is 5.91 Å². The molecule has 3 aromatic rings. The number of carbonyl (C=O) groups excluding carboxylic acids is 2. The molecule has 0 bridgehead atoms. The van der Waals surface area contributed by atoms with E-state index in [9.17, 15) is 9.59 Å². The zero-order chi connectivity index (χ0) is 22.2. The standard InChI is InChI=1S/C24H24N2O4S/c1-16(23(27)25-18-7-5-4-6-8-18)31-20-12-10-19(11-13-20)26-24(28)17-9-14-21(29-2)22(15-17)30-3/h4-16H,1-3H3,(H,25,27)(H,26,28). The van der Waals surface area contributed by atoms with Crippen LogP contribution in [-0.2, 0) is 4.79 Å². The van der Waals surface area contributed by atoms with E-state index in [0.717, 1.165) is 10.6 Å². The van der Waals surface area contributed by atoms with E-state index < -0.39 is 0 Å². The number of anilines is 2. The number of amides is 2. The average molecular weight is 437 g/mol. The lowest BCUT2D eigenvalue weighted by atomic mass is 10.2. The molecule has 0 saturated heterocycles. The minimum atomic E-state index is -0.271. The van der Waals surface area contributed by atoms with Gasteiger partial charge >= 0.3 is 0 Å². The summed E-state index contributed by atoms with van der Waals surface area (Å²) in [7, 11) is 3.07. The lowest BCUT2D eigenvalue weighted by molar-refractivity contribution is -0.115. The van der Waals surface area contributed by atoms with E-state index in [0.29, 0.717) is 22.7 Å². The first-order chi connectivity index (χ1) is 15.0. The number of ether oxygens (including phenoxy) is 2. The highest BCUT2D eigenvalue weighted by Gasteiger charge is 2.15. The lowest BCUT2D eigenvalue weighted by Gasteiger charge is -2.13. The molecule has 1 unspecified atom stereocenters. The summed E-state index contributed by atoms with van der Waals surface area (Å²) < 4.78 is 10.4. The summed E-state index contributed by atoms with van der Waals surface area (Å²) in [4.78, 5) is 25.8. The summed E-state index contributed by atoms with van der Waals surface area (Å²) in [6, 6.07) is 21.7. The van der Waals surface area contributed by atoms with Crippen LogP contribution in [-0.4, -0.2) is 31.3 Å². The number of carbonyl (C=O) groups is 2.